The molecule has 0 spiro atoms. The lowest BCUT2D eigenvalue weighted by Gasteiger charge is -2.24. The van der Waals surface area contributed by atoms with Gasteiger partial charge in [0.1, 0.15) is 43.3 Å². The van der Waals surface area contributed by atoms with E-state index in [0.29, 0.717) is 25.8 Å². The molecule has 0 aliphatic heterocycles. The molecule has 0 fully saturated rings. The Morgan fingerprint density at radius 2 is 1.77 bits per heavy atom. The molecule has 11 nitrogen and oxygen atoms in total. The number of fused-ring (bicyclic) bond motifs is 1. The summed E-state index contributed by atoms with van der Waals surface area (Å²) in [5.74, 6) is 0.501. The molecule has 0 bridgehead atoms. The minimum atomic E-state index is -0.817. The molecular weight excluding hydrogens is 456 g/mol. The van der Waals surface area contributed by atoms with Gasteiger partial charge in [-0.25, -0.2) is 4.98 Å². The average Bonchev–Trinajstić information content (AvgIpc) is 3.16. The molecule has 0 amide bonds. The van der Waals surface area contributed by atoms with E-state index in [9.17, 15) is 5.11 Å². The van der Waals surface area contributed by atoms with Crippen molar-refractivity contribution in [2.75, 3.05) is 47.6 Å². The Labute approximate surface area is 208 Å². The molecule has 0 saturated carbocycles. The second-order valence-electron chi connectivity index (χ2n) is 9.21. The zero-order valence-corrected chi connectivity index (χ0v) is 21.9. The van der Waals surface area contributed by atoms with Gasteiger partial charge in [-0.1, -0.05) is 13.3 Å². The Morgan fingerprint density at radius 1 is 1.06 bits per heavy atom. The van der Waals surface area contributed by atoms with Crippen molar-refractivity contribution in [3.8, 4) is 5.88 Å². The number of rotatable bonds is 18. The summed E-state index contributed by atoms with van der Waals surface area (Å²) in [6.07, 6.45) is 4.71. The number of aliphatic hydroxyl groups excluding tert-OH is 1. The summed E-state index contributed by atoms with van der Waals surface area (Å²) in [6.45, 7) is 10.1. The molecule has 0 saturated heterocycles. The maximum Gasteiger partial charge on any atom is 0.242 e. The smallest absolute Gasteiger partial charge is 0.242 e. The van der Waals surface area contributed by atoms with Crippen molar-refractivity contribution in [3.05, 3.63) is 18.1 Å². The van der Waals surface area contributed by atoms with Crippen LogP contribution in [0.25, 0.3) is 11.0 Å². The lowest BCUT2D eigenvalue weighted by Crippen LogP contribution is -2.45. The second-order valence-corrected chi connectivity index (χ2v) is 9.21. The van der Waals surface area contributed by atoms with E-state index >= 15 is 0 Å². The van der Waals surface area contributed by atoms with Gasteiger partial charge in [0.15, 0.2) is 0 Å². The van der Waals surface area contributed by atoms with Crippen LogP contribution in [-0.4, -0.2) is 85.0 Å². The van der Waals surface area contributed by atoms with E-state index in [1.807, 2.05) is 31.5 Å². The third-order valence-corrected chi connectivity index (χ3v) is 4.97. The monoisotopic (exact) mass is 498 g/mol. The van der Waals surface area contributed by atoms with E-state index in [4.69, 9.17) is 28.4 Å². The summed E-state index contributed by atoms with van der Waals surface area (Å²) in [7, 11) is 3.08. The number of nitrogens with zero attached hydrogens (tertiary/aromatic N) is 3. The molecule has 0 aromatic carbocycles. The second kappa shape index (κ2) is 15.3. The van der Waals surface area contributed by atoms with Gasteiger partial charge in [0.25, 0.3) is 0 Å². The first kappa shape index (κ1) is 29.4. The zero-order valence-electron chi connectivity index (χ0n) is 21.9. The molecule has 35 heavy (non-hydrogen) atoms. The lowest BCUT2D eigenvalue weighted by atomic mass is 10.1. The summed E-state index contributed by atoms with van der Waals surface area (Å²) in [5.41, 5.74) is 2.02. The number of aliphatic hydroxyl groups is 1. The van der Waals surface area contributed by atoms with Gasteiger partial charge in [-0.05, 0) is 27.2 Å². The molecule has 2 unspecified atom stereocenters. The van der Waals surface area contributed by atoms with Gasteiger partial charge in [-0.2, -0.15) is 4.98 Å². The highest BCUT2D eigenvalue weighted by molar-refractivity contribution is 5.84. The minimum absolute atomic E-state index is 0.0978. The Balaban J connectivity index is 2.25. The van der Waals surface area contributed by atoms with Crippen molar-refractivity contribution in [3.63, 3.8) is 0 Å². The Bertz CT molecular complexity index is 856. The number of nitrogens with one attached hydrogen (secondary N) is 1. The van der Waals surface area contributed by atoms with Gasteiger partial charge in [-0.15, -0.1) is 0 Å². The molecule has 0 aliphatic carbocycles. The molecular formula is C24H42N4O7. The molecule has 2 aromatic rings. The van der Waals surface area contributed by atoms with Crippen molar-refractivity contribution < 1.29 is 33.5 Å². The van der Waals surface area contributed by atoms with Gasteiger partial charge in [0.2, 0.25) is 5.88 Å². The summed E-state index contributed by atoms with van der Waals surface area (Å²) in [5, 5.41) is 14.0. The topological polar surface area (TPSA) is 118 Å². The van der Waals surface area contributed by atoms with Crippen LogP contribution < -0.4 is 10.1 Å². The molecule has 2 atom stereocenters. The van der Waals surface area contributed by atoms with Crippen LogP contribution in [0, 0.1) is 0 Å². The predicted octanol–water partition coefficient (Wildman–Crippen LogP) is 2.44. The van der Waals surface area contributed by atoms with Crippen LogP contribution >= 0.6 is 0 Å². The summed E-state index contributed by atoms with van der Waals surface area (Å²) in [6, 6.07) is -0.409. The van der Waals surface area contributed by atoms with E-state index in [1.54, 1.807) is 7.11 Å². The molecule has 2 aromatic heterocycles. The van der Waals surface area contributed by atoms with Crippen molar-refractivity contribution in [1.29, 1.82) is 0 Å². The minimum Gasteiger partial charge on any atom is -0.470 e. The summed E-state index contributed by atoms with van der Waals surface area (Å²) in [4.78, 5) is 8.93. The van der Waals surface area contributed by atoms with Crippen LogP contribution in [0.2, 0.25) is 0 Å². The molecule has 2 rings (SSSR count). The SMILES string of the molecule is CCCCOCn1cc(CNC(COCOC)C(O)COCOC)c2ncnc(OC(C)(C)C)c21. The molecule has 0 aliphatic rings. The maximum atomic E-state index is 10.6. The van der Waals surface area contributed by atoms with Crippen molar-refractivity contribution in [1.82, 2.24) is 19.9 Å². The van der Waals surface area contributed by atoms with Gasteiger partial charge >= 0.3 is 0 Å². The number of methoxy groups -OCH3 is 2. The van der Waals surface area contributed by atoms with Crippen molar-refractivity contribution >= 4 is 11.0 Å². The Kier molecular flexibility index (Phi) is 12.8. The zero-order chi connectivity index (χ0) is 25.7. The number of aromatic nitrogens is 3. The largest absolute Gasteiger partial charge is 0.470 e. The first-order valence-electron chi connectivity index (χ1n) is 11.9. The van der Waals surface area contributed by atoms with E-state index < -0.39 is 17.7 Å². The third kappa shape index (κ3) is 9.96. The van der Waals surface area contributed by atoms with Crippen molar-refractivity contribution in [2.45, 2.75) is 71.6 Å². The lowest BCUT2D eigenvalue weighted by molar-refractivity contribution is -0.0869. The van der Waals surface area contributed by atoms with Crippen molar-refractivity contribution in [2.24, 2.45) is 0 Å². The number of ether oxygens (including phenoxy) is 6. The highest BCUT2D eigenvalue weighted by atomic mass is 16.7. The fourth-order valence-corrected chi connectivity index (χ4v) is 3.35. The summed E-state index contributed by atoms with van der Waals surface area (Å²) < 4.78 is 34.7. The van der Waals surface area contributed by atoms with Gasteiger partial charge in [0.05, 0.1) is 25.4 Å². The highest BCUT2D eigenvalue weighted by Crippen LogP contribution is 2.29. The average molecular weight is 499 g/mol. The molecule has 0 radical (unpaired) electrons. The Hall–Kier alpha value is -1.86. The van der Waals surface area contributed by atoms with E-state index in [2.05, 4.69) is 22.2 Å². The van der Waals surface area contributed by atoms with Crippen LogP contribution in [0.15, 0.2) is 12.5 Å². The maximum absolute atomic E-state index is 10.6. The quantitative estimate of drug-likeness (QED) is 0.234. The summed E-state index contributed by atoms with van der Waals surface area (Å²) >= 11 is 0. The van der Waals surface area contributed by atoms with E-state index in [-0.39, 0.29) is 26.8 Å². The van der Waals surface area contributed by atoms with Crippen LogP contribution in [0.3, 0.4) is 0 Å². The van der Waals surface area contributed by atoms with Crippen LogP contribution in [-0.2, 0) is 37.0 Å². The van der Waals surface area contributed by atoms with Crippen LogP contribution in [0.1, 0.15) is 46.1 Å². The fraction of sp³-hybridized carbons (Fsp3) is 0.750. The number of hydrogen-bond donors (Lipinski definition) is 2. The standard InChI is InChI=1S/C24H42N4O7/c1-7-8-9-32-15-28-11-18(21-22(28)23(27-14-26-21)35-24(2,3)4)10-25-19(12-33-16-30-5)20(29)13-34-17-31-6/h11,14,19-20,25,29H,7-10,12-13,15-17H2,1-6H3. The highest BCUT2D eigenvalue weighted by Gasteiger charge is 2.23. The van der Waals surface area contributed by atoms with Crippen LogP contribution in [0.5, 0.6) is 5.88 Å². The van der Waals surface area contributed by atoms with Gasteiger partial charge in [0, 0.05) is 39.1 Å². The van der Waals surface area contributed by atoms with E-state index in [0.717, 1.165) is 29.4 Å². The molecule has 11 heteroatoms. The first-order chi connectivity index (χ1) is 16.8. The number of unbranched alkanes of at least 4 members (excludes halogenated alkanes) is 1. The van der Waals surface area contributed by atoms with Crippen LogP contribution in [0.4, 0.5) is 0 Å². The third-order valence-electron chi connectivity index (χ3n) is 4.97. The molecule has 200 valence electrons. The first-order valence-corrected chi connectivity index (χ1v) is 11.9. The fourth-order valence-electron chi connectivity index (χ4n) is 3.35. The predicted molar refractivity (Wildman–Crippen MR) is 131 cm³/mol. The normalized spacial score (nSPS) is 13.9. The van der Waals surface area contributed by atoms with Gasteiger partial charge < -0.3 is 43.4 Å². The molecule has 2 N–H and O–H groups in total. The molecule has 2 heterocycles. The number of hydrogen-bond acceptors (Lipinski definition) is 10. The van der Waals surface area contributed by atoms with Gasteiger partial charge in [-0.3, -0.25) is 0 Å². The Morgan fingerprint density at radius 3 is 2.43 bits per heavy atom. The van der Waals surface area contributed by atoms with E-state index in [1.165, 1.54) is 13.4 Å².